The standard InChI is InChI=1S/C17H21NO3/c1-19-14-6-4-5-12(9-14)16(18)11-13-10-15(20-2)7-8-17(13)21-3/h4-10,16H,11,18H2,1-3H3. The van der Waals surface area contributed by atoms with E-state index in [9.17, 15) is 0 Å². The molecule has 21 heavy (non-hydrogen) atoms. The second-order valence-electron chi connectivity index (χ2n) is 4.77. The highest BCUT2D eigenvalue weighted by Gasteiger charge is 2.12. The molecule has 0 heterocycles. The molecule has 0 amide bonds. The van der Waals surface area contributed by atoms with Crippen LogP contribution in [0.4, 0.5) is 0 Å². The molecule has 0 saturated carbocycles. The first kappa shape index (κ1) is 15.2. The third kappa shape index (κ3) is 3.67. The lowest BCUT2D eigenvalue weighted by Crippen LogP contribution is -2.14. The van der Waals surface area contributed by atoms with Gasteiger partial charge in [-0.3, -0.25) is 0 Å². The van der Waals surface area contributed by atoms with Gasteiger partial charge in [0, 0.05) is 6.04 Å². The van der Waals surface area contributed by atoms with Gasteiger partial charge in [0.2, 0.25) is 0 Å². The van der Waals surface area contributed by atoms with Gasteiger partial charge in [0.25, 0.3) is 0 Å². The van der Waals surface area contributed by atoms with E-state index in [2.05, 4.69) is 0 Å². The predicted molar refractivity (Wildman–Crippen MR) is 83.2 cm³/mol. The predicted octanol–water partition coefficient (Wildman–Crippen LogP) is 2.95. The van der Waals surface area contributed by atoms with E-state index in [1.807, 2.05) is 42.5 Å². The maximum absolute atomic E-state index is 6.31. The summed E-state index contributed by atoms with van der Waals surface area (Å²) in [6, 6.07) is 13.4. The van der Waals surface area contributed by atoms with Crippen LogP contribution in [0.15, 0.2) is 42.5 Å². The van der Waals surface area contributed by atoms with Gasteiger partial charge in [-0.25, -0.2) is 0 Å². The minimum Gasteiger partial charge on any atom is -0.497 e. The molecule has 0 radical (unpaired) electrons. The van der Waals surface area contributed by atoms with E-state index in [1.54, 1.807) is 21.3 Å². The summed E-state index contributed by atoms with van der Waals surface area (Å²) in [7, 11) is 4.95. The molecule has 0 aliphatic carbocycles. The summed E-state index contributed by atoms with van der Waals surface area (Å²) in [4.78, 5) is 0. The molecule has 4 heteroatoms. The molecule has 4 nitrogen and oxygen atoms in total. The van der Waals surface area contributed by atoms with Crippen LogP contribution >= 0.6 is 0 Å². The molecule has 0 aliphatic rings. The lowest BCUT2D eigenvalue weighted by Gasteiger charge is -2.16. The van der Waals surface area contributed by atoms with Gasteiger partial charge in [-0.1, -0.05) is 12.1 Å². The largest absolute Gasteiger partial charge is 0.497 e. The number of ether oxygens (including phenoxy) is 3. The Hall–Kier alpha value is -2.20. The third-order valence-corrected chi connectivity index (χ3v) is 3.45. The first-order chi connectivity index (χ1) is 10.2. The van der Waals surface area contributed by atoms with Crippen molar-refractivity contribution < 1.29 is 14.2 Å². The van der Waals surface area contributed by atoms with Crippen molar-refractivity contribution in [2.45, 2.75) is 12.5 Å². The number of methoxy groups -OCH3 is 3. The maximum Gasteiger partial charge on any atom is 0.122 e. The summed E-state index contributed by atoms with van der Waals surface area (Å²) in [5.41, 5.74) is 8.36. The Morgan fingerprint density at radius 3 is 2.29 bits per heavy atom. The number of nitrogens with two attached hydrogens (primary N) is 1. The lowest BCUT2D eigenvalue weighted by atomic mass is 9.98. The van der Waals surface area contributed by atoms with E-state index in [4.69, 9.17) is 19.9 Å². The fourth-order valence-electron chi connectivity index (χ4n) is 2.27. The van der Waals surface area contributed by atoms with Crippen LogP contribution in [-0.4, -0.2) is 21.3 Å². The second-order valence-corrected chi connectivity index (χ2v) is 4.77. The van der Waals surface area contributed by atoms with Crippen LogP contribution < -0.4 is 19.9 Å². The van der Waals surface area contributed by atoms with E-state index in [1.165, 1.54) is 0 Å². The van der Waals surface area contributed by atoms with Gasteiger partial charge >= 0.3 is 0 Å². The van der Waals surface area contributed by atoms with Crippen molar-refractivity contribution in [2.75, 3.05) is 21.3 Å². The van der Waals surface area contributed by atoms with Gasteiger partial charge < -0.3 is 19.9 Å². The van der Waals surface area contributed by atoms with Crippen molar-refractivity contribution in [2.24, 2.45) is 5.73 Å². The Labute approximate surface area is 125 Å². The molecule has 1 unspecified atom stereocenters. The lowest BCUT2D eigenvalue weighted by molar-refractivity contribution is 0.397. The quantitative estimate of drug-likeness (QED) is 0.887. The van der Waals surface area contributed by atoms with Crippen LogP contribution in [-0.2, 0) is 6.42 Å². The number of hydrogen-bond donors (Lipinski definition) is 1. The Kier molecular flexibility index (Phi) is 5.06. The molecule has 2 aromatic rings. The topological polar surface area (TPSA) is 53.7 Å². The summed E-state index contributed by atoms with van der Waals surface area (Å²) in [6.07, 6.45) is 0.660. The summed E-state index contributed by atoms with van der Waals surface area (Å²) < 4.78 is 15.9. The molecule has 0 saturated heterocycles. The summed E-state index contributed by atoms with van der Waals surface area (Å²) in [5.74, 6) is 2.42. The van der Waals surface area contributed by atoms with E-state index >= 15 is 0 Å². The van der Waals surface area contributed by atoms with Crippen LogP contribution in [0.3, 0.4) is 0 Å². The van der Waals surface area contributed by atoms with Gasteiger partial charge in [0.05, 0.1) is 21.3 Å². The van der Waals surface area contributed by atoms with Gasteiger partial charge in [-0.2, -0.15) is 0 Å². The second kappa shape index (κ2) is 6.99. The molecule has 2 aromatic carbocycles. The van der Waals surface area contributed by atoms with E-state index in [0.29, 0.717) is 6.42 Å². The Morgan fingerprint density at radius 1 is 0.905 bits per heavy atom. The zero-order valence-corrected chi connectivity index (χ0v) is 12.6. The van der Waals surface area contributed by atoms with Gasteiger partial charge in [-0.05, 0) is 47.9 Å². The highest BCUT2D eigenvalue weighted by molar-refractivity contribution is 5.42. The zero-order chi connectivity index (χ0) is 15.2. The fraction of sp³-hybridized carbons (Fsp3) is 0.294. The zero-order valence-electron chi connectivity index (χ0n) is 12.6. The van der Waals surface area contributed by atoms with Crippen LogP contribution in [0.5, 0.6) is 17.2 Å². The van der Waals surface area contributed by atoms with Crippen molar-refractivity contribution in [3.05, 3.63) is 53.6 Å². The van der Waals surface area contributed by atoms with Gasteiger partial charge in [0.1, 0.15) is 17.2 Å². The van der Waals surface area contributed by atoms with Crippen LogP contribution in [0.25, 0.3) is 0 Å². The first-order valence-corrected chi connectivity index (χ1v) is 6.78. The molecule has 2 N–H and O–H groups in total. The summed E-state index contributed by atoms with van der Waals surface area (Å²) >= 11 is 0. The maximum atomic E-state index is 6.31. The molecule has 112 valence electrons. The molecule has 2 rings (SSSR count). The van der Waals surface area contributed by atoms with Crippen molar-refractivity contribution >= 4 is 0 Å². The number of benzene rings is 2. The smallest absolute Gasteiger partial charge is 0.122 e. The number of rotatable bonds is 6. The van der Waals surface area contributed by atoms with Crippen molar-refractivity contribution in [3.63, 3.8) is 0 Å². The van der Waals surface area contributed by atoms with Gasteiger partial charge in [0.15, 0.2) is 0 Å². The summed E-state index contributed by atoms with van der Waals surface area (Å²) in [6.45, 7) is 0. The first-order valence-electron chi connectivity index (χ1n) is 6.78. The van der Waals surface area contributed by atoms with E-state index in [-0.39, 0.29) is 6.04 Å². The average Bonchev–Trinajstić information content (AvgIpc) is 2.54. The molecule has 0 fully saturated rings. The molecule has 0 aromatic heterocycles. The Bertz CT molecular complexity index is 598. The minimum atomic E-state index is -0.138. The minimum absolute atomic E-state index is 0.138. The van der Waals surface area contributed by atoms with E-state index < -0.39 is 0 Å². The summed E-state index contributed by atoms with van der Waals surface area (Å²) in [5, 5.41) is 0. The molecule has 0 bridgehead atoms. The normalized spacial score (nSPS) is 11.8. The van der Waals surface area contributed by atoms with Crippen LogP contribution in [0, 0.1) is 0 Å². The highest BCUT2D eigenvalue weighted by atomic mass is 16.5. The van der Waals surface area contributed by atoms with Crippen molar-refractivity contribution in [1.29, 1.82) is 0 Å². The third-order valence-electron chi connectivity index (χ3n) is 3.45. The SMILES string of the molecule is COc1cccc(C(N)Cc2cc(OC)ccc2OC)c1. The average molecular weight is 287 g/mol. The Balaban J connectivity index is 2.23. The molecular weight excluding hydrogens is 266 g/mol. The van der Waals surface area contributed by atoms with Gasteiger partial charge in [-0.15, -0.1) is 0 Å². The highest BCUT2D eigenvalue weighted by Crippen LogP contribution is 2.28. The van der Waals surface area contributed by atoms with Crippen molar-refractivity contribution in [1.82, 2.24) is 0 Å². The number of hydrogen-bond acceptors (Lipinski definition) is 4. The van der Waals surface area contributed by atoms with Crippen LogP contribution in [0.1, 0.15) is 17.2 Å². The molecule has 0 spiro atoms. The van der Waals surface area contributed by atoms with Crippen LogP contribution in [0.2, 0.25) is 0 Å². The molecular formula is C17H21NO3. The molecule has 1 atom stereocenters. The van der Waals surface area contributed by atoms with Crippen molar-refractivity contribution in [3.8, 4) is 17.2 Å². The monoisotopic (exact) mass is 287 g/mol. The van der Waals surface area contributed by atoms with E-state index in [0.717, 1.165) is 28.4 Å². The fourth-order valence-corrected chi connectivity index (χ4v) is 2.27. The molecule has 0 aliphatic heterocycles. The Morgan fingerprint density at radius 2 is 1.62 bits per heavy atom.